The molecule has 0 bridgehead atoms. The van der Waals surface area contributed by atoms with Crippen molar-refractivity contribution >= 4 is 40.4 Å². The van der Waals surface area contributed by atoms with E-state index in [1.807, 2.05) is 0 Å². The lowest BCUT2D eigenvalue weighted by Crippen LogP contribution is -2.40. The minimum atomic E-state index is -0.623. The largest absolute Gasteiger partial charge is 0.467 e. The minimum Gasteiger partial charge on any atom is -0.467 e. The van der Waals surface area contributed by atoms with Crippen molar-refractivity contribution in [3.8, 4) is 0 Å². The second-order valence-corrected chi connectivity index (χ2v) is 7.35. The van der Waals surface area contributed by atoms with Gasteiger partial charge in [0.15, 0.2) is 0 Å². The molecule has 1 aromatic rings. The first kappa shape index (κ1) is 22.4. The Morgan fingerprint density at radius 3 is 2.42 bits per heavy atom. The normalized spacial score (nSPS) is 11.5. The highest BCUT2D eigenvalue weighted by Gasteiger charge is 2.19. The molecule has 0 heterocycles. The number of benzene rings is 1. The summed E-state index contributed by atoms with van der Waals surface area (Å²) in [6.45, 7) is 1.93. The number of aryl methyl sites for hydroxylation is 1. The number of rotatable bonds is 11. The second kappa shape index (κ2) is 12.7. The molecule has 0 aromatic heterocycles. The summed E-state index contributed by atoms with van der Waals surface area (Å²) in [6, 6.07) is 7.69. The van der Waals surface area contributed by atoms with Crippen molar-refractivity contribution in [1.29, 1.82) is 0 Å². The van der Waals surface area contributed by atoms with Gasteiger partial charge < -0.3 is 15.4 Å². The summed E-state index contributed by atoms with van der Waals surface area (Å²) in [5.41, 5.74) is 1.24. The van der Waals surface area contributed by atoms with Crippen LogP contribution in [-0.4, -0.2) is 37.5 Å². The van der Waals surface area contributed by atoms with Crippen molar-refractivity contribution in [3.05, 3.63) is 33.4 Å². The van der Waals surface area contributed by atoms with E-state index in [4.69, 9.17) is 0 Å². The molecule has 0 fully saturated rings. The fourth-order valence-electron chi connectivity index (χ4n) is 2.53. The summed E-state index contributed by atoms with van der Waals surface area (Å²) in [6.07, 6.45) is 4.16. The van der Waals surface area contributed by atoms with E-state index in [1.165, 1.54) is 23.2 Å². The molecule has 0 aliphatic heterocycles. The lowest BCUT2D eigenvalue weighted by molar-refractivity contribution is -0.145. The van der Waals surface area contributed by atoms with E-state index >= 15 is 0 Å². The highest BCUT2D eigenvalue weighted by Crippen LogP contribution is 2.09. The van der Waals surface area contributed by atoms with Gasteiger partial charge in [-0.1, -0.05) is 12.1 Å². The van der Waals surface area contributed by atoms with E-state index in [0.29, 0.717) is 25.8 Å². The molecule has 26 heavy (non-hydrogen) atoms. The molecular weight excluding hydrogens is 447 g/mol. The van der Waals surface area contributed by atoms with Crippen LogP contribution in [0, 0.1) is 3.57 Å². The summed E-state index contributed by atoms with van der Waals surface area (Å²) in [5, 5.41) is 5.47. The van der Waals surface area contributed by atoms with E-state index in [1.54, 1.807) is 0 Å². The van der Waals surface area contributed by atoms with Crippen molar-refractivity contribution in [1.82, 2.24) is 10.6 Å². The highest BCUT2D eigenvalue weighted by molar-refractivity contribution is 14.1. The Bertz CT molecular complexity index is 590. The van der Waals surface area contributed by atoms with Crippen LogP contribution < -0.4 is 10.6 Å². The zero-order valence-corrected chi connectivity index (χ0v) is 17.5. The van der Waals surface area contributed by atoms with E-state index in [-0.39, 0.29) is 11.8 Å². The topological polar surface area (TPSA) is 84.5 Å². The first-order valence-electron chi connectivity index (χ1n) is 8.78. The molecular formula is C19H27IN2O4. The Kier molecular flexibility index (Phi) is 10.9. The van der Waals surface area contributed by atoms with Crippen LogP contribution in [0.4, 0.5) is 0 Å². The molecule has 2 amide bonds. The van der Waals surface area contributed by atoms with E-state index < -0.39 is 12.0 Å². The van der Waals surface area contributed by atoms with Crippen LogP contribution in [0.25, 0.3) is 0 Å². The van der Waals surface area contributed by atoms with E-state index in [2.05, 4.69) is 62.2 Å². The first-order valence-corrected chi connectivity index (χ1v) is 9.86. The van der Waals surface area contributed by atoms with Crippen molar-refractivity contribution in [3.63, 3.8) is 0 Å². The van der Waals surface area contributed by atoms with E-state index in [9.17, 15) is 14.4 Å². The molecule has 6 nitrogen and oxygen atoms in total. The van der Waals surface area contributed by atoms with Gasteiger partial charge in [0.25, 0.3) is 0 Å². The van der Waals surface area contributed by atoms with Gasteiger partial charge >= 0.3 is 5.97 Å². The summed E-state index contributed by atoms with van der Waals surface area (Å²) >= 11 is 2.27. The number of amides is 2. The average Bonchev–Trinajstić information content (AvgIpc) is 2.61. The number of nitrogens with one attached hydrogen (secondary N) is 2. The number of esters is 1. The molecule has 0 aliphatic rings. The predicted octanol–water partition coefficient (Wildman–Crippen LogP) is 2.58. The molecule has 0 spiro atoms. The Labute approximate surface area is 168 Å². The maximum atomic E-state index is 11.8. The molecule has 144 valence electrons. The van der Waals surface area contributed by atoms with Gasteiger partial charge in [0.05, 0.1) is 7.11 Å². The second-order valence-electron chi connectivity index (χ2n) is 6.10. The smallest absolute Gasteiger partial charge is 0.328 e. The quantitative estimate of drug-likeness (QED) is 0.294. The van der Waals surface area contributed by atoms with Crippen LogP contribution in [0.2, 0.25) is 0 Å². The number of hydrogen-bond acceptors (Lipinski definition) is 4. The third-order valence-corrected chi connectivity index (χ3v) is 4.61. The molecule has 1 aromatic carbocycles. The number of carbonyl (C=O) groups is 3. The molecule has 0 unspecified atom stereocenters. The molecule has 0 aliphatic carbocycles. The van der Waals surface area contributed by atoms with Crippen LogP contribution in [0.15, 0.2) is 24.3 Å². The van der Waals surface area contributed by atoms with Crippen LogP contribution >= 0.6 is 22.6 Å². The highest BCUT2D eigenvalue weighted by atomic mass is 127. The van der Waals surface area contributed by atoms with Gasteiger partial charge in [-0.25, -0.2) is 4.79 Å². The zero-order valence-electron chi connectivity index (χ0n) is 15.3. The van der Waals surface area contributed by atoms with Crippen LogP contribution in [-0.2, 0) is 25.5 Å². The number of methoxy groups -OCH3 is 1. The van der Waals surface area contributed by atoms with Gasteiger partial charge in [-0.3, -0.25) is 9.59 Å². The number of carbonyl (C=O) groups excluding carboxylic acids is 3. The van der Waals surface area contributed by atoms with Gasteiger partial charge in [-0.05, 0) is 72.4 Å². The van der Waals surface area contributed by atoms with Crippen LogP contribution in [0.3, 0.4) is 0 Å². The standard InChI is InChI=1S/C19H27IN2O4/c1-14(23)22-17(19(25)26-2)7-3-4-13-21-18(24)8-5-6-15-9-11-16(20)12-10-15/h9-12,17H,3-8,13H2,1-2H3,(H,21,24)(H,22,23)/t17-/m0/s1. The van der Waals surface area contributed by atoms with Crippen molar-refractivity contribution in [2.45, 2.75) is 51.5 Å². The Morgan fingerprint density at radius 1 is 1.12 bits per heavy atom. The number of halogens is 1. The third-order valence-electron chi connectivity index (χ3n) is 3.89. The van der Waals surface area contributed by atoms with Gasteiger partial charge in [-0.15, -0.1) is 0 Å². The minimum absolute atomic E-state index is 0.0434. The molecule has 1 atom stereocenters. The molecule has 0 saturated heterocycles. The van der Waals surface area contributed by atoms with Crippen LogP contribution in [0.5, 0.6) is 0 Å². The molecule has 2 N–H and O–H groups in total. The molecule has 0 radical (unpaired) electrons. The van der Waals surface area contributed by atoms with Gasteiger partial charge in [0, 0.05) is 23.5 Å². The Balaban J connectivity index is 2.14. The molecule has 1 rings (SSSR count). The third kappa shape index (κ3) is 9.74. The lowest BCUT2D eigenvalue weighted by Gasteiger charge is -2.15. The maximum Gasteiger partial charge on any atom is 0.328 e. The Hall–Kier alpha value is -1.64. The van der Waals surface area contributed by atoms with Gasteiger partial charge in [-0.2, -0.15) is 0 Å². The zero-order chi connectivity index (χ0) is 19.4. The number of ether oxygens (including phenoxy) is 1. The summed E-state index contributed by atoms with van der Waals surface area (Å²) in [4.78, 5) is 34.5. The summed E-state index contributed by atoms with van der Waals surface area (Å²) < 4.78 is 5.88. The molecule has 7 heteroatoms. The van der Waals surface area contributed by atoms with Crippen molar-refractivity contribution < 1.29 is 19.1 Å². The number of unbranched alkanes of at least 4 members (excludes halogenated alkanes) is 1. The van der Waals surface area contributed by atoms with Gasteiger partial charge in [0.2, 0.25) is 11.8 Å². The predicted molar refractivity (Wildman–Crippen MR) is 109 cm³/mol. The van der Waals surface area contributed by atoms with E-state index in [0.717, 1.165) is 19.3 Å². The van der Waals surface area contributed by atoms with Crippen molar-refractivity contribution in [2.24, 2.45) is 0 Å². The Morgan fingerprint density at radius 2 is 1.81 bits per heavy atom. The fourth-order valence-corrected chi connectivity index (χ4v) is 2.89. The monoisotopic (exact) mass is 474 g/mol. The fraction of sp³-hybridized carbons (Fsp3) is 0.526. The first-order chi connectivity index (χ1) is 12.4. The lowest BCUT2D eigenvalue weighted by atomic mass is 10.1. The maximum absolute atomic E-state index is 11.8. The molecule has 0 saturated carbocycles. The van der Waals surface area contributed by atoms with Crippen molar-refractivity contribution in [2.75, 3.05) is 13.7 Å². The average molecular weight is 474 g/mol. The summed E-state index contributed by atoms with van der Waals surface area (Å²) in [5.74, 6) is -0.663. The SMILES string of the molecule is COC(=O)[C@H](CCCCNC(=O)CCCc1ccc(I)cc1)NC(C)=O. The van der Waals surface area contributed by atoms with Gasteiger partial charge in [0.1, 0.15) is 6.04 Å². The summed E-state index contributed by atoms with van der Waals surface area (Å²) in [7, 11) is 1.30. The van der Waals surface area contributed by atoms with Crippen LogP contribution in [0.1, 0.15) is 44.6 Å². The number of hydrogen-bond donors (Lipinski definition) is 2.